The third-order valence-corrected chi connectivity index (χ3v) is 14.4. The summed E-state index contributed by atoms with van der Waals surface area (Å²) in [6, 6.07) is 75.7. The van der Waals surface area contributed by atoms with Gasteiger partial charge in [0.1, 0.15) is 11.2 Å². The van der Waals surface area contributed by atoms with Crippen molar-refractivity contribution in [2.45, 2.75) is 0 Å². The monoisotopic (exact) mass is 857 g/mol. The van der Waals surface area contributed by atoms with Gasteiger partial charge in [-0.15, -0.1) is 11.3 Å². The lowest BCUT2D eigenvalue weighted by Gasteiger charge is -2.13. The van der Waals surface area contributed by atoms with E-state index in [1.54, 1.807) is 0 Å². The van der Waals surface area contributed by atoms with E-state index in [2.05, 4.69) is 182 Å². The van der Waals surface area contributed by atoms with E-state index in [-0.39, 0.29) is 0 Å². The molecule has 0 aliphatic heterocycles. The summed E-state index contributed by atoms with van der Waals surface area (Å²) in [7, 11) is 0. The third kappa shape index (κ3) is 5.80. The van der Waals surface area contributed by atoms with Crippen LogP contribution in [0.3, 0.4) is 0 Å². The maximum Gasteiger partial charge on any atom is 0.164 e. The van der Waals surface area contributed by atoms with Gasteiger partial charge in [0.2, 0.25) is 0 Å². The van der Waals surface area contributed by atoms with E-state index in [4.69, 9.17) is 19.4 Å². The van der Waals surface area contributed by atoms with Crippen LogP contribution in [0.2, 0.25) is 0 Å². The fraction of sp³-hybridized carbons (Fsp3) is 0. The molecule has 3 aromatic heterocycles. The summed E-state index contributed by atoms with van der Waals surface area (Å²) in [6.07, 6.45) is 0. The van der Waals surface area contributed by atoms with E-state index in [0.717, 1.165) is 60.9 Å². The molecule has 0 saturated heterocycles. The van der Waals surface area contributed by atoms with Crippen LogP contribution >= 0.6 is 11.3 Å². The van der Waals surface area contributed by atoms with Gasteiger partial charge in [-0.05, 0) is 102 Å². The lowest BCUT2D eigenvalue weighted by Crippen LogP contribution is -2.00. The maximum atomic E-state index is 6.86. The molecule has 0 bridgehead atoms. The van der Waals surface area contributed by atoms with E-state index in [1.165, 1.54) is 63.3 Å². The van der Waals surface area contributed by atoms with Crippen molar-refractivity contribution in [2.75, 3.05) is 0 Å². The number of hydrogen-bond donors (Lipinski definition) is 0. The number of rotatable bonds is 5. The second kappa shape index (κ2) is 14.5. The number of fused-ring (bicyclic) bond motifs is 14. The highest BCUT2D eigenvalue weighted by molar-refractivity contribution is 7.26. The molecule has 0 spiro atoms. The summed E-state index contributed by atoms with van der Waals surface area (Å²) in [5.41, 5.74) is 8.75. The summed E-state index contributed by atoms with van der Waals surface area (Å²) in [5, 5.41) is 14.8. The van der Waals surface area contributed by atoms with Crippen molar-refractivity contribution < 1.29 is 4.42 Å². The lowest BCUT2D eigenvalue weighted by molar-refractivity contribution is 0.670. The molecule has 0 atom stereocenters. The minimum atomic E-state index is 0.581. The SMILES string of the molecule is c1ccc(-c2nc(-c3cccc(-c4ccc5c6ccccc6c6ccccc6c5c4)c3)nc(-c3ccc4c(c3)oc3c(-c5ccc6sc7ccc8ccccc8c7c6c5)cccc34)n2)cc1. The van der Waals surface area contributed by atoms with Crippen molar-refractivity contribution in [1.29, 1.82) is 0 Å². The summed E-state index contributed by atoms with van der Waals surface area (Å²) >= 11 is 1.85. The molecule has 14 aromatic rings. The second-order valence-electron chi connectivity index (χ2n) is 17.1. The van der Waals surface area contributed by atoms with Crippen LogP contribution in [0.4, 0.5) is 0 Å². The average molecular weight is 858 g/mol. The van der Waals surface area contributed by atoms with Crippen LogP contribution in [0.1, 0.15) is 0 Å². The van der Waals surface area contributed by atoms with E-state index in [1.807, 2.05) is 41.7 Å². The van der Waals surface area contributed by atoms with E-state index in [9.17, 15) is 0 Å². The summed E-state index contributed by atoms with van der Waals surface area (Å²) in [6.45, 7) is 0. The minimum Gasteiger partial charge on any atom is -0.455 e. The lowest BCUT2D eigenvalue weighted by atomic mass is 9.92. The Balaban J connectivity index is 0.885. The van der Waals surface area contributed by atoms with Gasteiger partial charge in [0.25, 0.3) is 0 Å². The molecular formula is C61H35N3OS. The molecule has 0 saturated carbocycles. The molecule has 0 N–H and O–H groups in total. The van der Waals surface area contributed by atoms with Gasteiger partial charge in [0.05, 0.1) is 0 Å². The zero-order chi connectivity index (χ0) is 43.3. The molecule has 0 radical (unpaired) electrons. The van der Waals surface area contributed by atoms with Gasteiger partial charge < -0.3 is 4.42 Å². The summed E-state index contributed by atoms with van der Waals surface area (Å²) in [5.74, 6) is 1.80. The molecule has 0 aliphatic carbocycles. The number of thiophene rings is 1. The molecule has 0 fully saturated rings. The molecule has 3 heterocycles. The summed E-state index contributed by atoms with van der Waals surface area (Å²) < 4.78 is 9.44. The van der Waals surface area contributed by atoms with Crippen LogP contribution in [-0.4, -0.2) is 15.0 Å². The molecule has 14 rings (SSSR count). The normalized spacial score (nSPS) is 11.9. The molecule has 11 aromatic carbocycles. The molecule has 0 amide bonds. The van der Waals surface area contributed by atoms with Crippen molar-refractivity contribution in [3.8, 4) is 56.4 Å². The van der Waals surface area contributed by atoms with Crippen LogP contribution in [0.25, 0.3) is 142 Å². The fourth-order valence-corrected chi connectivity index (χ4v) is 11.3. The number of nitrogens with zero attached hydrogens (tertiary/aromatic N) is 3. The van der Waals surface area contributed by atoms with Gasteiger partial charge in [-0.25, -0.2) is 15.0 Å². The zero-order valence-electron chi connectivity index (χ0n) is 35.4. The van der Waals surface area contributed by atoms with Crippen LogP contribution < -0.4 is 0 Å². The zero-order valence-corrected chi connectivity index (χ0v) is 36.2. The highest BCUT2D eigenvalue weighted by atomic mass is 32.1. The van der Waals surface area contributed by atoms with E-state index < -0.39 is 0 Å². The van der Waals surface area contributed by atoms with Crippen LogP contribution in [0.15, 0.2) is 217 Å². The molecule has 306 valence electrons. The van der Waals surface area contributed by atoms with Gasteiger partial charge in [-0.1, -0.05) is 170 Å². The molecule has 0 aliphatic rings. The van der Waals surface area contributed by atoms with E-state index in [0.29, 0.717) is 17.5 Å². The second-order valence-corrected chi connectivity index (χ2v) is 18.2. The number of aromatic nitrogens is 3. The van der Waals surface area contributed by atoms with Gasteiger partial charge in [0.15, 0.2) is 17.5 Å². The Hall–Kier alpha value is -8.51. The first-order chi connectivity index (χ1) is 32.7. The Kier molecular flexibility index (Phi) is 8.12. The Morgan fingerprint density at radius 2 is 0.833 bits per heavy atom. The van der Waals surface area contributed by atoms with E-state index >= 15 is 0 Å². The van der Waals surface area contributed by atoms with Crippen LogP contribution in [-0.2, 0) is 0 Å². The molecule has 5 heteroatoms. The first-order valence-electron chi connectivity index (χ1n) is 22.2. The largest absolute Gasteiger partial charge is 0.455 e. The van der Waals surface area contributed by atoms with Gasteiger partial charge in [0, 0.05) is 53.2 Å². The third-order valence-electron chi connectivity index (χ3n) is 13.3. The van der Waals surface area contributed by atoms with Crippen LogP contribution in [0.5, 0.6) is 0 Å². The standard InChI is InChI=1S/C61H35N3OS/c1-2-13-37(14-3-1)59-62-60(41-16-10-15-38(32-41)39-24-28-49-47-20-7-6-18-45(47)46-19-8-9-21-48(46)52(49)33-39)64-61(63-59)42-25-29-50-51-23-11-22-44(58(51)65-54(50)35-42)40-27-30-55-53(34-40)57-43-17-5-4-12-36(43)26-31-56(57)66-55/h1-35H. The number of para-hydroxylation sites is 1. The predicted octanol–water partition coefficient (Wildman–Crippen LogP) is 17.1. The van der Waals surface area contributed by atoms with Crippen molar-refractivity contribution in [1.82, 2.24) is 15.0 Å². The molecule has 66 heavy (non-hydrogen) atoms. The van der Waals surface area contributed by atoms with Crippen molar-refractivity contribution >= 4 is 96.5 Å². The molecule has 0 unspecified atom stereocenters. The van der Waals surface area contributed by atoms with Crippen molar-refractivity contribution in [3.05, 3.63) is 212 Å². The number of hydrogen-bond acceptors (Lipinski definition) is 5. The Bertz CT molecular complexity index is 4270. The Labute approximate surface area is 382 Å². The predicted molar refractivity (Wildman–Crippen MR) is 277 cm³/mol. The number of benzene rings is 11. The van der Waals surface area contributed by atoms with Crippen molar-refractivity contribution in [2.24, 2.45) is 0 Å². The average Bonchev–Trinajstić information content (AvgIpc) is 3.97. The topological polar surface area (TPSA) is 51.8 Å². The number of furan rings is 1. The van der Waals surface area contributed by atoms with Gasteiger partial charge >= 0.3 is 0 Å². The van der Waals surface area contributed by atoms with Gasteiger partial charge in [-0.2, -0.15) is 0 Å². The highest BCUT2D eigenvalue weighted by Gasteiger charge is 2.19. The molecular weight excluding hydrogens is 823 g/mol. The fourth-order valence-electron chi connectivity index (χ4n) is 10.2. The smallest absolute Gasteiger partial charge is 0.164 e. The quantitative estimate of drug-likeness (QED) is 0.162. The Morgan fingerprint density at radius 1 is 0.303 bits per heavy atom. The first kappa shape index (κ1) is 36.9. The molecule has 4 nitrogen and oxygen atoms in total. The summed E-state index contributed by atoms with van der Waals surface area (Å²) in [4.78, 5) is 15.4. The van der Waals surface area contributed by atoms with Crippen molar-refractivity contribution in [3.63, 3.8) is 0 Å². The first-order valence-corrected chi connectivity index (χ1v) is 23.1. The van der Waals surface area contributed by atoms with Crippen LogP contribution in [0, 0.1) is 0 Å². The Morgan fingerprint density at radius 3 is 1.62 bits per heavy atom. The minimum absolute atomic E-state index is 0.581. The van der Waals surface area contributed by atoms with Gasteiger partial charge in [-0.3, -0.25) is 0 Å². The highest BCUT2D eigenvalue weighted by Crippen LogP contribution is 2.43. The maximum absolute atomic E-state index is 6.86.